The number of hydrogen-bond acceptors (Lipinski definition) is 6. The van der Waals surface area contributed by atoms with Crippen molar-refractivity contribution in [2.24, 2.45) is 0 Å². The van der Waals surface area contributed by atoms with Gasteiger partial charge in [0.2, 0.25) is 0 Å². The summed E-state index contributed by atoms with van der Waals surface area (Å²) in [5.41, 5.74) is -0.358. The molecule has 2 N–H and O–H groups in total. The van der Waals surface area contributed by atoms with Crippen molar-refractivity contribution in [3.8, 4) is 11.5 Å². The van der Waals surface area contributed by atoms with Crippen molar-refractivity contribution in [1.29, 1.82) is 0 Å². The molecule has 1 aliphatic rings. The van der Waals surface area contributed by atoms with E-state index in [1.807, 2.05) is 13.8 Å². The first-order chi connectivity index (χ1) is 12.5. The van der Waals surface area contributed by atoms with Crippen LogP contribution in [0.25, 0.3) is 0 Å². The molecule has 0 spiro atoms. The van der Waals surface area contributed by atoms with Gasteiger partial charge in [-0.25, -0.2) is 4.79 Å². The van der Waals surface area contributed by atoms with Crippen molar-refractivity contribution in [3.05, 3.63) is 34.9 Å². The van der Waals surface area contributed by atoms with E-state index >= 15 is 0 Å². The van der Waals surface area contributed by atoms with E-state index in [9.17, 15) is 15.0 Å². The van der Waals surface area contributed by atoms with Gasteiger partial charge in [0.05, 0.1) is 11.7 Å². The normalized spacial score (nSPS) is 26.3. The minimum Gasteiger partial charge on any atom is -0.504 e. The molecule has 0 amide bonds. The molecular formula is C21H30O6. The number of benzene rings is 1. The number of esters is 1. The molecule has 27 heavy (non-hydrogen) atoms. The lowest BCUT2D eigenvalue weighted by molar-refractivity contribution is -0.163. The number of aromatic hydroxyl groups is 2. The fourth-order valence-corrected chi connectivity index (χ4v) is 3.21. The number of hydrogen-bond donors (Lipinski definition) is 2. The number of carbonyl (C=O) groups is 1. The molecule has 0 saturated carbocycles. The zero-order valence-corrected chi connectivity index (χ0v) is 17.1. The van der Waals surface area contributed by atoms with Crippen LogP contribution in [-0.2, 0) is 24.6 Å². The number of phenolic OH excluding ortho intramolecular Hbond substituents is 2. The Morgan fingerprint density at radius 1 is 1.33 bits per heavy atom. The zero-order valence-electron chi connectivity index (χ0n) is 17.1. The van der Waals surface area contributed by atoms with Crippen LogP contribution >= 0.6 is 0 Å². The molecule has 1 heterocycles. The molecule has 0 radical (unpaired) electrons. The monoisotopic (exact) mass is 378 g/mol. The van der Waals surface area contributed by atoms with Crippen LogP contribution in [0.1, 0.15) is 52.2 Å². The van der Waals surface area contributed by atoms with E-state index in [0.717, 1.165) is 0 Å². The summed E-state index contributed by atoms with van der Waals surface area (Å²) in [5.74, 6) is -0.914. The van der Waals surface area contributed by atoms with Gasteiger partial charge in [-0.1, -0.05) is 18.2 Å². The number of phenols is 2. The molecule has 0 bridgehead atoms. The highest BCUT2D eigenvalue weighted by atomic mass is 16.6. The molecule has 0 aromatic heterocycles. The molecule has 3 atom stereocenters. The molecule has 6 nitrogen and oxygen atoms in total. The van der Waals surface area contributed by atoms with Crippen LogP contribution in [0.5, 0.6) is 11.5 Å². The van der Waals surface area contributed by atoms with Gasteiger partial charge in [-0.15, -0.1) is 0 Å². The summed E-state index contributed by atoms with van der Waals surface area (Å²) in [7, 11) is 1.60. The fourth-order valence-electron chi connectivity index (χ4n) is 3.21. The average Bonchev–Trinajstić information content (AvgIpc) is 2.97. The lowest BCUT2D eigenvalue weighted by atomic mass is 9.87. The SMILES string of the molecule is C/C=C(/C)C(=O)O[C@H]1C[C@@H](C(C)(C)OC)O[C@]1(C)c1ccc(C)c(O)c1O. The summed E-state index contributed by atoms with van der Waals surface area (Å²) in [4.78, 5) is 12.4. The smallest absolute Gasteiger partial charge is 0.333 e. The Hall–Kier alpha value is -2.05. The molecule has 0 aliphatic carbocycles. The van der Waals surface area contributed by atoms with Crippen LogP contribution < -0.4 is 0 Å². The molecular weight excluding hydrogens is 348 g/mol. The van der Waals surface area contributed by atoms with Gasteiger partial charge in [0.1, 0.15) is 11.7 Å². The summed E-state index contributed by atoms with van der Waals surface area (Å²) in [6, 6.07) is 3.39. The van der Waals surface area contributed by atoms with Crippen LogP contribution in [0.3, 0.4) is 0 Å². The van der Waals surface area contributed by atoms with Gasteiger partial charge in [0.25, 0.3) is 0 Å². The number of rotatable bonds is 5. The van der Waals surface area contributed by atoms with Crippen LogP contribution in [-0.4, -0.2) is 41.1 Å². The van der Waals surface area contributed by atoms with Crippen LogP contribution in [0.2, 0.25) is 0 Å². The quantitative estimate of drug-likeness (QED) is 0.461. The summed E-state index contributed by atoms with van der Waals surface area (Å²) in [6.07, 6.45) is 1.04. The van der Waals surface area contributed by atoms with Crippen LogP contribution in [0.4, 0.5) is 0 Å². The number of aryl methyl sites for hydroxylation is 1. The number of allylic oxidation sites excluding steroid dienone is 1. The Kier molecular flexibility index (Phi) is 5.92. The minimum atomic E-state index is -1.14. The third-order valence-electron chi connectivity index (χ3n) is 5.62. The third-order valence-corrected chi connectivity index (χ3v) is 5.62. The van der Waals surface area contributed by atoms with Gasteiger partial charge >= 0.3 is 5.97 Å². The Balaban J connectivity index is 2.51. The standard InChI is InChI=1S/C21H30O6/c1-8-12(2)19(24)26-16-11-15(20(4,5)25-7)27-21(16,6)14-10-9-13(3)17(22)18(14)23/h8-10,15-16,22-23H,11H2,1-7H3/b12-8-/t15-,16-,21+/m0/s1. The maximum atomic E-state index is 12.4. The molecule has 1 aromatic rings. The molecule has 1 fully saturated rings. The highest BCUT2D eigenvalue weighted by Gasteiger charge is 2.54. The van der Waals surface area contributed by atoms with E-state index in [0.29, 0.717) is 23.1 Å². The molecule has 6 heteroatoms. The van der Waals surface area contributed by atoms with E-state index in [1.165, 1.54) is 0 Å². The van der Waals surface area contributed by atoms with Crippen molar-refractivity contribution >= 4 is 5.97 Å². The summed E-state index contributed by atoms with van der Waals surface area (Å²) in [6.45, 7) is 10.7. The van der Waals surface area contributed by atoms with E-state index in [4.69, 9.17) is 14.2 Å². The highest BCUT2D eigenvalue weighted by molar-refractivity contribution is 5.87. The first-order valence-corrected chi connectivity index (χ1v) is 9.06. The van der Waals surface area contributed by atoms with Crippen molar-refractivity contribution < 1.29 is 29.2 Å². The van der Waals surface area contributed by atoms with E-state index in [-0.39, 0.29) is 17.6 Å². The zero-order chi connectivity index (χ0) is 20.6. The van der Waals surface area contributed by atoms with E-state index < -0.39 is 23.3 Å². The van der Waals surface area contributed by atoms with Gasteiger partial charge in [-0.05, 0) is 47.1 Å². The van der Waals surface area contributed by atoms with E-state index in [1.54, 1.807) is 53.0 Å². The maximum Gasteiger partial charge on any atom is 0.333 e. The molecule has 1 aliphatic heterocycles. The van der Waals surface area contributed by atoms with Crippen molar-refractivity contribution in [2.45, 2.75) is 71.4 Å². The van der Waals surface area contributed by atoms with Crippen molar-refractivity contribution in [1.82, 2.24) is 0 Å². The fraction of sp³-hybridized carbons (Fsp3) is 0.571. The molecule has 150 valence electrons. The predicted octanol–water partition coefficient (Wildman–Crippen LogP) is 3.71. The number of carbonyl (C=O) groups excluding carboxylic acids is 1. The van der Waals surface area contributed by atoms with E-state index in [2.05, 4.69) is 0 Å². The second kappa shape index (κ2) is 7.52. The Labute approximate surface area is 160 Å². The first-order valence-electron chi connectivity index (χ1n) is 9.06. The van der Waals surface area contributed by atoms with Crippen LogP contribution in [0.15, 0.2) is 23.8 Å². The van der Waals surface area contributed by atoms with Gasteiger partial charge in [0.15, 0.2) is 11.5 Å². The predicted molar refractivity (Wildman–Crippen MR) is 102 cm³/mol. The van der Waals surface area contributed by atoms with Gasteiger partial charge in [0, 0.05) is 24.7 Å². The second-order valence-corrected chi connectivity index (χ2v) is 7.75. The first kappa shape index (κ1) is 21.3. The lowest BCUT2D eigenvalue weighted by Gasteiger charge is -2.34. The minimum absolute atomic E-state index is 0.207. The summed E-state index contributed by atoms with van der Waals surface area (Å²) >= 11 is 0. The Morgan fingerprint density at radius 2 is 1.96 bits per heavy atom. The molecule has 0 unspecified atom stereocenters. The van der Waals surface area contributed by atoms with Crippen molar-refractivity contribution in [3.63, 3.8) is 0 Å². The molecule has 1 saturated heterocycles. The Morgan fingerprint density at radius 3 is 2.52 bits per heavy atom. The molecule has 2 rings (SSSR count). The Bertz CT molecular complexity index is 751. The topological polar surface area (TPSA) is 85.2 Å². The van der Waals surface area contributed by atoms with Gasteiger partial charge in [-0.2, -0.15) is 0 Å². The summed E-state index contributed by atoms with van der Waals surface area (Å²) < 4.78 is 17.6. The molecule has 1 aromatic carbocycles. The van der Waals surface area contributed by atoms with Crippen LogP contribution in [0, 0.1) is 6.92 Å². The summed E-state index contributed by atoms with van der Waals surface area (Å²) in [5, 5.41) is 20.7. The average molecular weight is 378 g/mol. The van der Waals surface area contributed by atoms with Crippen molar-refractivity contribution in [2.75, 3.05) is 7.11 Å². The largest absolute Gasteiger partial charge is 0.504 e. The maximum absolute atomic E-state index is 12.4. The highest BCUT2D eigenvalue weighted by Crippen LogP contribution is 2.49. The lowest BCUT2D eigenvalue weighted by Crippen LogP contribution is -2.40. The third kappa shape index (κ3) is 3.82. The second-order valence-electron chi connectivity index (χ2n) is 7.75. The number of methoxy groups -OCH3 is 1. The number of ether oxygens (including phenoxy) is 3. The van der Waals surface area contributed by atoms with Gasteiger partial charge < -0.3 is 24.4 Å². The van der Waals surface area contributed by atoms with Gasteiger partial charge in [-0.3, -0.25) is 0 Å².